The van der Waals surface area contributed by atoms with Gasteiger partial charge in [-0.15, -0.1) is 0 Å². The average Bonchev–Trinajstić information content (AvgIpc) is 3.66. The molecule has 9 nitrogen and oxygen atoms in total. The highest BCUT2D eigenvalue weighted by molar-refractivity contribution is 5.94. The molecular weight excluding hydrogens is 462 g/mol. The number of nitrogens with zero attached hydrogens (tertiary/aromatic N) is 7. The third-order valence-electron chi connectivity index (χ3n) is 7.11. The van der Waals surface area contributed by atoms with Crippen LogP contribution in [-0.2, 0) is 6.54 Å². The monoisotopic (exact) mass is 489 g/mol. The molecular formula is C28H27N9. The number of H-pyrrole nitrogens is 2. The van der Waals surface area contributed by atoms with Gasteiger partial charge in [0, 0.05) is 42.5 Å². The first-order valence-corrected chi connectivity index (χ1v) is 12.7. The summed E-state index contributed by atoms with van der Waals surface area (Å²) in [6.45, 7) is 5.24. The maximum Gasteiger partial charge on any atom is 0.181 e. The van der Waals surface area contributed by atoms with Gasteiger partial charge >= 0.3 is 0 Å². The Morgan fingerprint density at radius 3 is 2.73 bits per heavy atom. The number of fused-ring (bicyclic) bond motifs is 2. The van der Waals surface area contributed by atoms with Crippen molar-refractivity contribution in [2.75, 3.05) is 13.1 Å². The first kappa shape index (κ1) is 21.9. The maximum absolute atomic E-state index is 4.95. The van der Waals surface area contributed by atoms with Crippen molar-refractivity contribution in [3.05, 3.63) is 72.7 Å². The van der Waals surface area contributed by atoms with Crippen molar-refractivity contribution < 1.29 is 0 Å². The van der Waals surface area contributed by atoms with Crippen molar-refractivity contribution in [1.82, 2.24) is 44.6 Å². The first-order chi connectivity index (χ1) is 18.2. The number of aryl methyl sites for hydroxylation is 1. The van der Waals surface area contributed by atoms with Gasteiger partial charge in [0.1, 0.15) is 11.2 Å². The lowest BCUT2D eigenvalue weighted by Crippen LogP contribution is -2.29. The molecule has 6 aromatic rings. The molecule has 1 aliphatic rings. The van der Waals surface area contributed by atoms with Crippen molar-refractivity contribution >= 4 is 22.1 Å². The van der Waals surface area contributed by atoms with Crippen molar-refractivity contribution in [2.45, 2.75) is 32.7 Å². The number of aromatic amines is 2. The molecule has 0 atom stereocenters. The minimum Gasteiger partial charge on any atom is -0.337 e. The lowest BCUT2D eigenvalue weighted by atomic mass is 10.1. The quantitative estimate of drug-likeness (QED) is 0.351. The number of hydrogen-bond acceptors (Lipinski definition) is 6. The molecule has 0 saturated carbocycles. The number of hydrogen-bond donors (Lipinski definition) is 2. The minimum absolute atomic E-state index is 0.655. The highest BCUT2D eigenvalue weighted by Gasteiger charge is 2.17. The molecule has 1 fully saturated rings. The normalized spacial score (nSPS) is 14.6. The van der Waals surface area contributed by atoms with E-state index in [2.05, 4.69) is 47.2 Å². The molecule has 0 radical (unpaired) electrons. The SMILES string of the molecule is Cc1cn(-c2cccc3[nH]c(-c4[nH]nc5ncc(-c6cncc(CN7CCCCC7)c6)cc45)nc23)cn1. The highest BCUT2D eigenvalue weighted by Crippen LogP contribution is 2.31. The zero-order valence-electron chi connectivity index (χ0n) is 20.6. The number of para-hydroxylation sites is 1. The summed E-state index contributed by atoms with van der Waals surface area (Å²) >= 11 is 0. The Bertz CT molecular complexity index is 1720. The number of likely N-dealkylation sites (tertiary alicyclic amines) is 1. The van der Waals surface area contributed by atoms with E-state index in [4.69, 9.17) is 4.98 Å². The number of imidazole rings is 2. The van der Waals surface area contributed by atoms with Crippen LogP contribution in [0.4, 0.5) is 0 Å². The Balaban J connectivity index is 1.26. The van der Waals surface area contributed by atoms with Gasteiger partial charge in [0.05, 0.1) is 28.6 Å². The number of pyridine rings is 2. The standard InChI is InChI=1S/C28H27N9/c1-18-15-37(17-31-18)24-7-5-6-23-26(24)33-28(32-23)25-22-11-21(14-30-27(22)35-34-25)20-10-19(12-29-13-20)16-36-8-3-2-4-9-36/h5-7,10-15,17H,2-4,8-9,16H2,1H3,(H,32,33)(H,30,34,35). The van der Waals surface area contributed by atoms with E-state index < -0.39 is 0 Å². The summed E-state index contributed by atoms with van der Waals surface area (Å²) < 4.78 is 2.00. The van der Waals surface area contributed by atoms with E-state index in [9.17, 15) is 0 Å². The van der Waals surface area contributed by atoms with Crippen LogP contribution in [0.25, 0.3) is 50.4 Å². The Labute approximate surface area is 213 Å². The molecule has 1 saturated heterocycles. The number of benzene rings is 1. The van der Waals surface area contributed by atoms with Gasteiger partial charge in [-0.2, -0.15) is 5.10 Å². The van der Waals surface area contributed by atoms with Crippen LogP contribution in [0.5, 0.6) is 0 Å². The van der Waals surface area contributed by atoms with E-state index in [0.29, 0.717) is 5.65 Å². The summed E-state index contributed by atoms with van der Waals surface area (Å²) in [5, 5.41) is 8.51. The smallest absolute Gasteiger partial charge is 0.181 e. The molecule has 184 valence electrons. The van der Waals surface area contributed by atoms with Gasteiger partial charge in [-0.3, -0.25) is 15.0 Å². The van der Waals surface area contributed by atoms with Crippen LogP contribution in [0, 0.1) is 6.92 Å². The molecule has 0 bridgehead atoms. The molecule has 9 heteroatoms. The van der Waals surface area contributed by atoms with E-state index in [0.717, 1.165) is 70.1 Å². The molecule has 2 N–H and O–H groups in total. The third-order valence-corrected chi connectivity index (χ3v) is 7.11. The Hall–Kier alpha value is -4.37. The van der Waals surface area contributed by atoms with E-state index in [1.165, 1.54) is 24.8 Å². The molecule has 1 aliphatic heterocycles. The Morgan fingerprint density at radius 2 is 1.86 bits per heavy atom. The van der Waals surface area contributed by atoms with Gasteiger partial charge in [0.2, 0.25) is 0 Å². The van der Waals surface area contributed by atoms with Crippen LogP contribution in [-0.4, -0.2) is 57.7 Å². The van der Waals surface area contributed by atoms with Crippen LogP contribution < -0.4 is 0 Å². The molecule has 5 aromatic heterocycles. The number of aromatic nitrogens is 8. The summed E-state index contributed by atoms with van der Waals surface area (Å²) in [7, 11) is 0. The van der Waals surface area contributed by atoms with Gasteiger partial charge in [-0.05, 0) is 62.7 Å². The molecule has 37 heavy (non-hydrogen) atoms. The fourth-order valence-corrected chi connectivity index (χ4v) is 5.24. The summed E-state index contributed by atoms with van der Waals surface area (Å²) in [5.41, 5.74) is 8.50. The predicted octanol–water partition coefficient (Wildman–Crippen LogP) is 5.04. The van der Waals surface area contributed by atoms with Gasteiger partial charge < -0.3 is 9.55 Å². The lowest BCUT2D eigenvalue weighted by molar-refractivity contribution is 0.220. The second-order valence-corrected chi connectivity index (χ2v) is 9.79. The largest absolute Gasteiger partial charge is 0.337 e. The maximum atomic E-state index is 4.95. The zero-order valence-corrected chi connectivity index (χ0v) is 20.6. The molecule has 1 aromatic carbocycles. The van der Waals surface area contributed by atoms with Crippen molar-refractivity contribution in [2.24, 2.45) is 0 Å². The molecule has 0 amide bonds. The Kier molecular flexibility index (Phi) is 5.28. The van der Waals surface area contributed by atoms with E-state index in [1.807, 2.05) is 60.8 Å². The molecule has 7 rings (SSSR count). The number of rotatable bonds is 5. The zero-order chi connectivity index (χ0) is 24.8. The minimum atomic E-state index is 0.655. The van der Waals surface area contributed by atoms with E-state index in [-0.39, 0.29) is 0 Å². The van der Waals surface area contributed by atoms with Crippen molar-refractivity contribution in [3.8, 4) is 28.3 Å². The summed E-state index contributed by atoms with van der Waals surface area (Å²) in [4.78, 5) is 24.5. The fourth-order valence-electron chi connectivity index (χ4n) is 5.24. The second-order valence-electron chi connectivity index (χ2n) is 9.79. The average molecular weight is 490 g/mol. The van der Waals surface area contributed by atoms with Gasteiger partial charge in [-0.25, -0.2) is 15.0 Å². The predicted molar refractivity (Wildman–Crippen MR) is 143 cm³/mol. The summed E-state index contributed by atoms with van der Waals surface area (Å²) in [6, 6.07) is 10.4. The molecule has 0 unspecified atom stereocenters. The topological polar surface area (TPSA) is 104 Å². The van der Waals surface area contributed by atoms with Crippen LogP contribution in [0.3, 0.4) is 0 Å². The van der Waals surface area contributed by atoms with Crippen LogP contribution in [0.1, 0.15) is 30.5 Å². The van der Waals surface area contributed by atoms with Gasteiger partial charge in [0.25, 0.3) is 0 Å². The Morgan fingerprint density at radius 1 is 0.973 bits per heavy atom. The van der Waals surface area contributed by atoms with E-state index in [1.54, 1.807) is 0 Å². The molecule has 6 heterocycles. The van der Waals surface area contributed by atoms with Gasteiger partial charge in [-0.1, -0.05) is 12.5 Å². The summed E-state index contributed by atoms with van der Waals surface area (Å²) in [6.07, 6.45) is 13.5. The van der Waals surface area contributed by atoms with Crippen molar-refractivity contribution in [1.29, 1.82) is 0 Å². The summed E-state index contributed by atoms with van der Waals surface area (Å²) in [5.74, 6) is 0.720. The van der Waals surface area contributed by atoms with Crippen LogP contribution in [0.15, 0.2) is 61.4 Å². The van der Waals surface area contributed by atoms with E-state index >= 15 is 0 Å². The number of piperidine rings is 1. The third kappa shape index (κ3) is 4.07. The highest BCUT2D eigenvalue weighted by atomic mass is 15.2. The molecule has 0 aliphatic carbocycles. The number of nitrogens with one attached hydrogen (secondary N) is 2. The van der Waals surface area contributed by atoms with Crippen LogP contribution in [0.2, 0.25) is 0 Å². The lowest BCUT2D eigenvalue weighted by Gasteiger charge is -2.26. The fraction of sp³-hybridized carbons (Fsp3) is 0.250. The van der Waals surface area contributed by atoms with Gasteiger partial charge in [0.15, 0.2) is 11.5 Å². The van der Waals surface area contributed by atoms with Crippen molar-refractivity contribution in [3.63, 3.8) is 0 Å². The first-order valence-electron chi connectivity index (χ1n) is 12.7. The molecule has 0 spiro atoms. The second kappa shape index (κ2) is 8.94. The van der Waals surface area contributed by atoms with Crippen LogP contribution >= 0.6 is 0 Å².